The fourth-order valence-corrected chi connectivity index (χ4v) is 3.20. The molecule has 3 nitrogen and oxygen atoms in total. The normalized spacial score (nSPS) is 20.0. The van der Waals surface area contributed by atoms with Gasteiger partial charge in [0, 0.05) is 17.7 Å². The van der Waals surface area contributed by atoms with Gasteiger partial charge in [-0.2, -0.15) is 0 Å². The number of rotatable bonds is 4. The van der Waals surface area contributed by atoms with Crippen LogP contribution in [0.4, 0.5) is 0 Å². The summed E-state index contributed by atoms with van der Waals surface area (Å²) in [7, 11) is 3.40. The van der Waals surface area contributed by atoms with E-state index in [1.54, 1.807) is 14.2 Å². The molecule has 4 heteroatoms. The lowest BCUT2D eigenvalue weighted by Gasteiger charge is -2.41. The molecular formula is C15H22ClNO2. The lowest BCUT2D eigenvalue weighted by molar-refractivity contribution is -0.0599. The molecule has 0 spiro atoms. The lowest BCUT2D eigenvalue weighted by atomic mass is 9.77. The van der Waals surface area contributed by atoms with Crippen LogP contribution in [0.15, 0.2) is 18.2 Å². The minimum Gasteiger partial charge on any atom is -0.496 e. The number of hydrogen-bond acceptors (Lipinski definition) is 3. The van der Waals surface area contributed by atoms with Crippen LogP contribution in [0.25, 0.3) is 0 Å². The Hall–Kier alpha value is -0.770. The first-order valence-corrected chi connectivity index (χ1v) is 7.15. The highest BCUT2D eigenvalue weighted by atomic mass is 35.5. The van der Waals surface area contributed by atoms with Gasteiger partial charge in [-0.15, -0.1) is 0 Å². The molecular weight excluding hydrogens is 262 g/mol. The van der Waals surface area contributed by atoms with Crippen molar-refractivity contribution >= 4 is 11.6 Å². The highest BCUT2D eigenvalue weighted by Crippen LogP contribution is 2.42. The summed E-state index contributed by atoms with van der Waals surface area (Å²) in [6.07, 6.45) is 5.54. The highest BCUT2D eigenvalue weighted by molar-refractivity contribution is 6.30. The standard InChI is InChI=1S/C15H22ClNO2/c1-18-13-7-6-11(16)10-12(13)14(17)15(19-2)8-4-3-5-9-15/h6-7,10,14H,3-5,8-9,17H2,1-2H3. The molecule has 2 rings (SSSR count). The van der Waals surface area contributed by atoms with Crippen molar-refractivity contribution in [3.8, 4) is 5.75 Å². The number of methoxy groups -OCH3 is 2. The van der Waals surface area contributed by atoms with Crippen molar-refractivity contribution in [2.75, 3.05) is 14.2 Å². The first kappa shape index (κ1) is 14.6. The zero-order valence-corrected chi connectivity index (χ0v) is 12.4. The summed E-state index contributed by atoms with van der Waals surface area (Å²) >= 11 is 6.09. The van der Waals surface area contributed by atoms with Crippen molar-refractivity contribution in [1.82, 2.24) is 0 Å². The molecule has 1 atom stereocenters. The molecule has 0 aromatic heterocycles. The fraction of sp³-hybridized carbons (Fsp3) is 0.600. The number of hydrogen-bond donors (Lipinski definition) is 1. The van der Waals surface area contributed by atoms with Gasteiger partial charge in [0.05, 0.1) is 18.8 Å². The number of ether oxygens (including phenoxy) is 2. The molecule has 0 radical (unpaired) electrons. The molecule has 1 fully saturated rings. The monoisotopic (exact) mass is 283 g/mol. The maximum Gasteiger partial charge on any atom is 0.123 e. The largest absolute Gasteiger partial charge is 0.496 e. The van der Waals surface area contributed by atoms with Gasteiger partial charge in [0.1, 0.15) is 5.75 Å². The molecule has 1 saturated carbocycles. The zero-order valence-electron chi connectivity index (χ0n) is 11.6. The molecule has 1 aromatic carbocycles. The Morgan fingerprint density at radius 3 is 2.47 bits per heavy atom. The van der Waals surface area contributed by atoms with Crippen molar-refractivity contribution in [3.63, 3.8) is 0 Å². The molecule has 1 aliphatic rings. The van der Waals surface area contributed by atoms with Crippen LogP contribution in [-0.4, -0.2) is 19.8 Å². The molecule has 1 aliphatic carbocycles. The Bertz CT molecular complexity index is 430. The Kier molecular flexibility index (Phi) is 4.71. The molecule has 1 aromatic rings. The Labute approximate surface area is 120 Å². The maximum atomic E-state index is 6.50. The number of benzene rings is 1. The van der Waals surface area contributed by atoms with Crippen LogP contribution in [0.2, 0.25) is 5.02 Å². The van der Waals surface area contributed by atoms with Crippen molar-refractivity contribution in [1.29, 1.82) is 0 Å². The van der Waals surface area contributed by atoms with Gasteiger partial charge in [-0.25, -0.2) is 0 Å². The van der Waals surface area contributed by atoms with Crippen molar-refractivity contribution < 1.29 is 9.47 Å². The van der Waals surface area contributed by atoms with E-state index < -0.39 is 0 Å². The summed E-state index contributed by atoms with van der Waals surface area (Å²) in [5.41, 5.74) is 7.13. The SMILES string of the molecule is COc1ccc(Cl)cc1C(N)C1(OC)CCCCC1. The molecule has 0 heterocycles. The third-order valence-electron chi connectivity index (χ3n) is 4.20. The van der Waals surface area contributed by atoms with Crippen LogP contribution in [0, 0.1) is 0 Å². The minimum atomic E-state index is -0.295. The van der Waals surface area contributed by atoms with Gasteiger partial charge in [-0.05, 0) is 31.0 Å². The van der Waals surface area contributed by atoms with Crippen molar-refractivity contribution in [2.45, 2.75) is 43.7 Å². The lowest BCUT2D eigenvalue weighted by Crippen LogP contribution is -2.44. The summed E-state index contributed by atoms with van der Waals surface area (Å²) in [5.74, 6) is 0.777. The molecule has 106 valence electrons. The quantitative estimate of drug-likeness (QED) is 0.916. The van der Waals surface area contributed by atoms with Gasteiger partial charge >= 0.3 is 0 Å². The second-order valence-electron chi connectivity index (χ2n) is 5.19. The zero-order chi connectivity index (χ0) is 13.9. The first-order chi connectivity index (χ1) is 9.13. The number of halogens is 1. The second kappa shape index (κ2) is 6.12. The van der Waals surface area contributed by atoms with E-state index in [1.807, 2.05) is 18.2 Å². The van der Waals surface area contributed by atoms with Gasteiger partial charge in [0.15, 0.2) is 0 Å². The van der Waals surface area contributed by atoms with E-state index >= 15 is 0 Å². The third kappa shape index (κ3) is 2.88. The summed E-state index contributed by atoms with van der Waals surface area (Å²) < 4.78 is 11.2. The van der Waals surface area contributed by atoms with Crippen LogP contribution in [-0.2, 0) is 4.74 Å². The van der Waals surface area contributed by atoms with E-state index in [1.165, 1.54) is 6.42 Å². The average Bonchev–Trinajstić information content (AvgIpc) is 2.47. The van der Waals surface area contributed by atoms with Crippen molar-refractivity contribution in [2.24, 2.45) is 5.73 Å². The Morgan fingerprint density at radius 1 is 1.21 bits per heavy atom. The van der Waals surface area contributed by atoms with Crippen LogP contribution in [0.3, 0.4) is 0 Å². The van der Waals surface area contributed by atoms with Gasteiger partial charge in [-0.1, -0.05) is 30.9 Å². The van der Waals surface area contributed by atoms with E-state index in [0.29, 0.717) is 5.02 Å². The summed E-state index contributed by atoms with van der Waals surface area (Å²) in [6.45, 7) is 0. The third-order valence-corrected chi connectivity index (χ3v) is 4.44. The highest BCUT2D eigenvalue weighted by Gasteiger charge is 2.40. The molecule has 19 heavy (non-hydrogen) atoms. The number of nitrogens with two attached hydrogens (primary N) is 1. The Balaban J connectivity index is 2.36. The van der Waals surface area contributed by atoms with Crippen LogP contribution in [0.5, 0.6) is 5.75 Å². The smallest absolute Gasteiger partial charge is 0.123 e. The summed E-state index contributed by atoms with van der Waals surface area (Å²) in [4.78, 5) is 0. The van der Waals surface area contributed by atoms with E-state index in [9.17, 15) is 0 Å². The van der Waals surface area contributed by atoms with Crippen LogP contribution >= 0.6 is 11.6 Å². The Morgan fingerprint density at radius 2 is 1.89 bits per heavy atom. The molecule has 0 bridgehead atoms. The minimum absolute atomic E-state index is 0.216. The predicted octanol–water partition coefficient (Wildman–Crippen LogP) is 3.70. The van der Waals surface area contributed by atoms with Gasteiger partial charge in [0.25, 0.3) is 0 Å². The molecule has 2 N–H and O–H groups in total. The maximum absolute atomic E-state index is 6.50. The second-order valence-corrected chi connectivity index (χ2v) is 5.63. The van der Waals surface area contributed by atoms with E-state index in [-0.39, 0.29) is 11.6 Å². The fourth-order valence-electron chi connectivity index (χ4n) is 3.02. The van der Waals surface area contributed by atoms with Gasteiger partial charge < -0.3 is 15.2 Å². The molecule has 0 saturated heterocycles. The van der Waals surface area contributed by atoms with Crippen molar-refractivity contribution in [3.05, 3.63) is 28.8 Å². The van der Waals surface area contributed by atoms with Gasteiger partial charge in [0.2, 0.25) is 0 Å². The predicted molar refractivity (Wildman–Crippen MR) is 77.8 cm³/mol. The van der Waals surface area contributed by atoms with Crippen LogP contribution < -0.4 is 10.5 Å². The van der Waals surface area contributed by atoms with E-state index in [2.05, 4.69) is 0 Å². The molecule has 0 amide bonds. The summed E-state index contributed by atoms with van der Waals surface area (Å²) in [5, 5.41) is 0.674. The van der Waals surface area contributed by atoms with E-state index in [4.69, 9.17) is 26.8 Å². The molecule has 0 aliphatic heterocycles. The first-order valence-electron chi connectivity index (χ1n) is 6.77. The van der Waals surface area contributed by atoms with Crippen LogP contribution in [0.1, 0.15) is 43.7 Å². The average molecular weight is 284 g/mol. The summed E-state index contributed by atoms with van der Waals surface area (Å²) in [6, 6.07) is 5.35. The van der Waals surface area contributed by atoms with E-state index in [0.717, 1.165) is 37.0 Å². The topological polar surface area (TPSA) is 44.5 Å². The van der Waals surface area contributed by atoms with Gasteiger partial charge in [-0.3, -0.25) is 0 Å². The molecule has 1 unspecified atom stereocenters.